The second-order valence-corrected chi connectivity index (χ2v) is 24.5. The second kappa shape index (κ2) is 31.7. The van der Waals surface area contributed by atoms with Crippen LogP contribution in [0, 0.1) is 11.8 Å². The van der Waals surface area contributed by atoms with E-state index in [1.165, 1.54) is 37.6 Å². The molecule has 5 fully saturated rings. The van der Waals surface area contributed by atoms with Crippen LogP contribution in [-0.2, 0) is 57.0 Å². The number of carbonyl (C=O) groups is 8. The van der Waals surface area contributed by atoms with E-state index in [1.54, 1.807) is 60.7 Å². The lowest BCUT2D eigenvalue weighted by molar-refractivity contribution is -0.148. The Morgan fingerprint density at radius 2 is 1.31 bits per heavy atom. The Labute approximate surface area is 519 Å². The zero-order valence-corrected chi connectivity index (χ0v) is 50.9. The number of nitrogens with one attached hydrogen (secondary N) is 5. The van der Waals surface area contributed by atoms with Crippen molar-refractivity contribution in [1.29, 1.82) is 0 Å². The third-order valence-corrected chi connectivity index (χ3v) is 17.5. The van der Waals surface area contributed by atoms with Crippen LogP contribution in [0.2, 0.25) is 0 Å². The first-order valence-electron chi connectivity index (χ1n) is 31.2. The van der Waals surface area contributed by atoms with E-state index in [1.807, 2.05) is 0 Å². The number of rotatable bonds is 21. The molecule has 0 aromatic heterocycles. The zero-order chi connectivity index (χ0) is 64.1. The van der Waals surface area contributed by atoms with Crippen LogP contribution in [0.5, 0.6) is 5.75 Å². The molecule has 16 atom stereocenters. The number of nitrogens with two attached hydrogens (primary N) is 1. The van der Waals surface area contributed by atoms with Gasteiger partial charge in [-0.3, -0.25) is 38.4 Å². The van der Waals surface area contributed by atoms with Gasteiger partial charge >= 0.3 is 14.2 Å². The Balaban J connectivity index is 1.15. The third kappa shape index (κ3) is 17.7. The number of aromatic hydroxyl groups is 1. The molecule has 3 aromatic rings. The fourth-order valence-electron chi connectivity index (χ4n) is 12.5. The van der Waals surface area contributed by atoms with Crippen LogP contribution in [0.4, 0.5) is 0 Å². The maximum atomic E-state index is 15.4. The number of phenols is 1. The van der Waals surface area contributed by atoms with Crippen LogP contribution < -0.4 is 43.2 Å². The molecule has 8 rings (SSSR count). The molecule has 0 aliphatic carbocycles. The van der Waals surface area contributed by atoms with E-state index in [0.29, 0.717) is 34.7 Å². The molecule has 8 amide bonds. The summed E-state index contributed by atoms with van der Waals surface area (Å²) in [7, 11) is -2.44. The molecule has 482 valence electrons. The van der Waals surface area contributed by atoms with E-state index in [0.717, 1.165) is 54.7 Å². The Morgan fingerprint density at radius 1 is 0.697 bits per heavy atom. The molecule has 5 aliphatic heterocycles. The summed E-state index contributed by atoms with van der Waals surface area (Å²) in [5, 5.41) is 69.5. The molecular weight excluding hydrogens is 1150 g/mol. The van der Waals surface area contributed by atoms with E-state index < -0.39 is 173 Å². The Morgan fingerprint density at radius 3 is 1.96 bits per heavy atom. The SMILES string of the molecule is CC[C@H](C)C[C@H](C)CCCCCCCCC(=O)N[C@H]1C[C@H]2OB(c3ccccc3)O[C@H]2NC(=O)[C@@H]2[C@@H](O)CCN2C(=O)[C@H]([C@H](O)CC(N)=O)NC(=O)[C@H]([C@@H]2OB(c3ccccc3)O[C@H]2c2ccc(O)cc2)NC(=O)[C@@H]2C[C@@H](O)CN2C(=O)[C@H]([C@@H](C)O)NC1=O. The first-order chi connectivity index (χ1) is 42.6. The minimum Gasteiger partial charge on any atom is -0.508 e. The largest absolute Gasteiger partial charge is 0.508 e. The monoisotopic (exact) mass is 1240 g/mol. The summed E-state index contributed by atoms with van der Waals surface area (Å²) in [4.78, 5) is 119. The maximum absolute atomic E-state index is 15.4. The van der Waals surface area contributed by atoms with Crippen molar-refractivity contribution in [3.05, 3.63) is 90.5 Å². The summed E-state index contributed by atoms with van der Waals surface area (Å²) in [6, 6.07) is 11.8. The van der Waals surface area contributed by atoms with Crippen LogP contribution >= 0.6 is 0 Å². The standard InChI is InChI=1S/C62H86B2N8O17/c1-5-35(2)30-36(3)18-12-8-6-7-9-17-23-49(79)66-43-32-47-60(89-63(86-47)39-19-13-10-14-20-39)70-59(83)53-45(76)28-29-71(53)62(85)51(46(77)33-48(65)78)68-58(82)52(69-57(81)44-31-42(75)34-72(44)61(84)50(37(4)73)67-56(43)80)55-54(38-24-26-41(74)27-25-38)87-64(88-55)40-21-15-11-16-22-40/h10-11,13-16,19-22,24-27,35-37,42-47,50-55,60,73-77H,5-9,12,17-18,23,28-34H2,1-4H3,(H2,65,78)(H,66,79)(H,67,80)(H,68,82)(H,69,81)(H,70,83)/t35-,36+,37+,42+,43-,44-,45-,46+,47+,50-,51-,52-,53-,54-,55-,60+/m0/s1. The van der Waals surface area contributed by atoms with Crippen molar-refractivity contribution in [2.24, 2.45) is 17.6 Å². The van der Waals surface area contributed by atoms with Gasteiger partial charge in [0.1, 0.15) is 54.3 Å². The van der Waals surface area contributed by atoms with Crippen molar-refractivity contribution >= 4 is 72.4 Å². The van der Waals surface area contributed by atoms with Crippen LogP contribution in [0.25, 0.3) is 0 Å². The molecule has 89 heavy (non-hydrogen) atoms. The van der Waals surface area contributed by atoms with E-state index in [9.17, 15) is 49.5 Å². The van der Waals surface area contributed by atoms with Crippen molar-refractivity contribution < 1.29 is 82.5 Å². The summed E-state index contributed by atoms with van der Waals surface area (Å²) >= 11 is 0. The van der Waals surface area contributed by atoms with Crippen molar-refractivity contribution in [3.63, 3.8) is 0 Å². The van der Waals surface area contributed by atoms with Gasteiger partial charge in [0.05, 0.1) is 43.0 Å². The number of carbonyl (C=O) groups excluding carboxylic acids is 8. The van der Waals surface area contributed by atoms with Gasteiger partial charge in [0, 0.05) is 32.4 Å². The summed E-state index contributed by atoms with van der Waals surface area (Å²) in [6.45, 7) is 7.14. The first kappa shape index (κ1) is 68.0. The second-order valence-electron chi connectivity index (χ2n) is 24.5. The topological polar surface area (TPSA) is 367 Å². The van der Waals surface area contributed by atoms with Crippen molar-refractivity contribution in [2.75, 3.05) is 13.1 Å². The zero-order valence-electron chi connectivity index (χ0n) is 50.9. The van der Waals surface area contributed by atoms with Gasteiger partial charge in [-0.25, -0.2) is 0 Å². The van der Waals surface area contributed by atoms with E-state index in [4.69, 9.17) is 24.4 Å². The molecule has 0 radical (unpaired) electrons. The maximum Gasteiger partial charge on any atom is 0.495 e. The highest BCUT2D eigenvalue weighted by atomic mass is 16.7. The number of hydrogen-bond acceptors (Lipinski definition) is 17. The lowest BCUT2D eigenvalue weighted by Gasteiger charge is -2.35. The van der Waals surface area contributed by atoms with Crippen LogP contribution in [0.1, 0.15) is 129 Å². The van der Waals surface area contributed by atoms with Crippen molar-refractivity contribution in [2.45, 2.75) is 203 Å². The highest BCUT2D eigenvalue weighted by Crippen LogP contribution is 2.35. The Bertz CT molecular complexity index is 2900. The van der Waals surface area contributed by atoms with Crippen LogP contribution in [0.3, 0.4) is 0 Å². The summed E-state index contributed by atoms with van der Waals surface area (Å²) in [6.07, 6.45) is -5.59. The molecule has 5 heterocycles. The van der Waals surface area contributed by atoms with Gasteiger partial charge in [0.15, 0.2) is 0 Å². The Hall–Kier alpha value is -6.97. The molecule has 0 bridgehead atoms. The summed E-state index contributed by atoms with van der Waals surface area (Å²) < 4.78 is 25.7. The van der Waals surface area contributed by atoms with Gasteiger partial charge in [-0.05, 0) is 66.6 Å². The predicted octanol–water partition coefficient (Wildman–Crippen LogP) is -0.426. The number of fused-ring (bicyclic) bond motifs is 3. The fourth-order valence-corrected chi connectivity index (χ4v) is 12.5. The number of hydrogen-bond donors (Lipinski definition) is 11. The van der Waals surface area contributed by atoms with E-state index in [2.05, 4.69) is 47.4 Å². The van der Waals surface area contributed by atoms with Gasteiger partial charge < -0.3 is 86.3 Å². The van der Waals surface area contributed by atoms with Crippen LogP contribution in [0.15, 0.2) is 84.9 Å². The molecule has 12 N–H and O–H groups in total. The Kier molecular flexibility index (Phi) is 24.2. The number of aliphatic hydroxyl groups is 4. The normalized spacial score (nSPS) is 28.7. The molecule has 0 spiro atoms. The number of amides is 8. The highest BCUT2D eigenvalue weighted by molar-refractivity contribution is 6.62. The quantitative estimate of drug-likeness (QED) is 0.0476. The number of unbranched alkanes of at least 4 members (excludes halogenated alkanes) is 5. The number of primary amides is 1. The van der Waals surface area contributed by atoms with Gasteiger partial charge in [0.25, 0.3) is 0 Å². The third-order valence-electron chi connectivity index (χ3n) is 17.5. The fraction of sp³-hybridized carbons (Fsp3) is 0.581. The average molecular weight is 1240 g/mol. The number of nitrogens with zero attached hydrogens (tertiary/aromatic N) is 2. The first-order valence-corrected chi connectivity index (χ1v) is 31.2. The number of phenolic OH excluding ortho intramolecular Hbond substituents is 1. The lowest BCUT2D eigenvalue weighted by Crippen LogP contribution is -2.64. The van der Waals surface area contributed by atoms with E-state index in [-0.39, 0.29) is 25.1 Å². The molecular formula is C62H86B2N8O17. The number of benzene rings is 3. The molecule has 5 saturated heterocycles. The van der Waals surface area contributed by atoms with Crippen LogP contribution in [-0.4, -0.2) is 189 Å². The summed E-state index contributed by atoms with van der Waals surface area (Å²) in [5.74, 6) is -7.00. The molecule has 27 heteroatoms. The van der Waals surface area contributed by atoms with E-state index >= 15 is 14.4 Å². The van der Waals surface area contributed by atoms with Crippen molar-refractivity contribution in [1.82, 2.24) is 36.4 Å². The smallest absolute Gasteiger partial charge is 0.495 e. The lowest BCUT2D eigenvalue weighted by atomic mass is 9.79. The molecule has 0 unspecified atom stereocenters. The average Bonchev–Trinajstić information content (AvgIpc) is 1.80. The molecule has 5 aliphatic rings. The molecule has 3 aromatic carbocycles. The van der Waals surface area contributed by atoms with Gasteiger partial charge in [-0.1, -0.05) is 139 Å². The van der Waals surface area contributed by atoms with Gasteiger partial charge in [-0.2, -0.15) is 0 Å². The number of aliphatic hydroxyl groups excluding tert-OH is 4. The molecule has 0 saturated carbocycles. The van der Waals surface area contributed by atoms with Gasteiger partial charge in [-0.15, -0.1) is 0 Å². The van der Waals surface area contributed by atoms with Gasteiger partial charge in [0.2, 0.25) is 47.3 Å². The minimum atomic E-state index is -2.14. The minimum absolute atomic E-state index is 0.00328. The summed E-state index contributed by atoms with van der Waals surface area (Å²) in [5.41, 5.74) is 6.82. The van der Waals surface area contributed by atoms with Crippen molar-refractivity contribution in [3.8, 4) is 5.75 Å². The predicted molar refractivity (Wildman–Crippen MR) is 325 cm³/mol. The molecule has 25 nitrogen and oxygen atoms in total. The highest BCUT2D eigenvalue weighted by Gasteiger charge is 2.53.